The van der Waals surface area contributed by atoms with Crippen LogP contribution in [0.2, 0.25) is 0 Å². The van der Waals surface area contributed by atoms with Crippen LogP contribution in [-0.4, -0.2) is 45.3 Å². The van der Waals surface area contributed by atoms with Crippen molar-refractivity contribution in [3.05, 3.63) is 48.4 Å². The third-order valence-electron chi connectivity index (χ3n) is 4.92. The molecule has 27 heavy (non-hydrogen) atoms. The third-order valence-corrected chi connectivity index (χ3v) is 4.92. The molecule has 1 N–H and O–H groups in total. The highest BCUT2D eigenvalue weighted by molar-refractivity contribution is 5.86. The first-order valence-corrected chi connectivity index (χ1v) is 9.53. The van der Waals surface area contributed by atoms with Crippen LogP contribution in [0.15, 0.2) is 42.9 Å². The molecule has 1 aliphatic heterocycles. The standard InChI is InChI=1S/C20H24N6O/c27-18(13-16-7-3-1-4-8-16)21-9-12-26-20-17(14-24-26)19(22-15-23-20)25-10-5-2-6-11-25/h1,3-4,7-8,14-15H,2,5-6,9-13H2,(H,21,27). The maximum atomic E-state index is 12.1. The van der Waals surface area contributed by atoms with Gasteiger partial charge in [0.1, 0.15) is 12.1 Å². The van der Waals surface area contributed by atoms with Crippen molar-refractivity contribution in [3.63, 3.8) is 0 Å². The Morgan fingerprint density at radius 3 is 2.70 bits per heavy atom. The number of rotatable bonds is 6. The van der Waals surface area contributed by atoms with E-state index >= 15 is 0 Å². The smallest absolute Gasteiger partial charge is 0.224 e. The summed E-state index contributed by atoms with van der Waals surface area (Å²) in [5, 5.41) is 8.41. The summed E-state index contributed by atoms with van der Waals surface area (Å²) in [5.74, 6) is 0.986. The van der Waals surface area contributed by atoms with E-state index in [1.165, 1.54) is 19.3 Å². The lowest BCUT2D eigenvalue weighted by molar-refractivity contribution is -0.120. The fourth-order valence-corrected chi connectivity index (χ4v) is 3.55. The second-order valence-corrected chi connectivity index (χ2v) is 6.86. The highest BCUT2D eigenvalue weighted by atomic mass is 16.1. The van der Waals surface area contributed by atoms with Gasteiger partial charge in [-0.05, 0) is 24.8 Å². The number of hydrogen-bond donors (Lipinski definition) is 1. The van der Waals surface area contributed by atoms with Gasteiger partial charge in [0.25, 0.3) is 0 Å². The summed E-state index contributed by atoms with van der Waals surface area (Å²) in [6.07, 6.45) is 7.53. The van der Waals surface area contributed by atoms with E-state index in [1.54, 1.807) is 6.33 Å². The van der Waals surface area contributed by atoms with Gasteiger partial charge in [-0.3, -0.25) is 4.79 Å². The molecule has 7 nitrogen and oxygen atoms in total. The topological polar surface area (TPSA) is 75.9 Å². The first-order valence-electron chi connectivity index (χ1n) is 9.53. The largest absolute Gasteiger partial charge is 0.356 e. The number of anilines is 1. The lowest BCUT2D eigenvalue weighted by atomic mass is 10.1. The SMILES string of the molecule is O=C(Cc1ccccc1)NCCn1ncc2c(N3CCCCC3)ncnc21. The Bertz CT molecular complexity index is 901. The molecule has 1 aliphatic rings. The maximum Gasteiger partial charge on any atom is 0.224 e. The molecule has 3 aromatic rings. The van der Waals surface area contributed by atoms with Crippen LogP contribution in [-0.2, 0) is 17.8 Å². The highest BCUT2D eigenvalue weighted by Gasteiger charge is 2.17. The molecule has 140 valence electrons. The average molecular weight is 364 g/mol. The minimum atomic E-state index is 0.0151. The number of aromatic nitrogens is 4. The molecule has 1 aromatic carbocycles. The Morgan fingerprint density at radius 2 is 1.89 bits per heavy atom. The monoisotopic (exact) mass is 364 g/mol. The Labute approximate surface area is 158 Å². The van der Waals surface area contributed by atoms with Crippen molar-refractivity contribution in [1.82, 2.24) is 25.1 Å². The number of fused-ring (bicyclic) bond motifs is 1. The number of amides is 1. The fraction of sp³-hybridized carbons (Fsp3) is 0.400. The third kappa shape index (κ3) is 4.07. The van der Waals surface area contributed by atoms with Gasteiger partial charge in [0.05, 0.1) is 24.5 Å². The predicted octanol–water partition coefficient (Wildman–Crippen LogP) is 2.18. The summed E-state index contributed by atoms with van der Waals surface area (Å²) in [6, 6.07) is 9.75. The van der Waals surface area contributed by atoms with Gasteiger partial charge in [-0.2, -0.15) is 5.10 Å². The molecule has 3 heterocycles. The van der Waals surface area contributed by atoms with Gasteiger partial charge in [-0.1, -0.05) is 30.3 Å². The van der Waals surface area contributed by atoms with Crippen molar-refractivity contribution in [2.24, 2.45) is 0 Å². The van der Waals surface area contributed by atoms with Crippen LogP contribution in [0.5, 0.6) is 0 Å². The Hall–Kier alpha value is -2.96. The Kier molecular flexibility index (Phi) is 5.27. The second kappa shape index (κ2) is 8.16. The predicted molar refractivity (Wildman–Crippen MR) is 105 cm³/mol. The van der Waals surface area contributed by atoms with E-state index in [2.05, 4.69) is 25.3 Å². The summed E-state index contributed by atoms with van der Waals surface area (Å²) in [7, 11) is 0. The number of nitrogens with one attached hydrogen (secondary N) is 1. The molecule has 0 spiro atoms. The van der Waals surface area contributed by atoms with Gasteiger partial charge >= 0.3 is 0 Å². The van der Waals surface area contributed by atoms with Gasteiger partial charge in [0, 0.05) is 19.6 Å². The van der Waals surface area contributed by atoms with Gasteiger partial charge in [-0.15, -0.1) is 0 Å². The number of carbonyl (C=O) groups excluding carboxylic acids is 1. The molecule has 1 saturated heterocycles. The van der Waals surface area contributed by atoms with E-state index in [0.717, 1.165) is 35.5 Å². The van der Waals surface area contributed by atoms with E-state index in [0.29, 0.717) is 19.5 Å². The first kappa shape index (κ1) is 17.5. The zero-order valence-electron chi connectivity index (χ0n) is 15.3. The fourth-order valence-electron chi connectivity index (χ4n) is 3.55. The number of hydrogen-bond acceptors (Lipinski definition) is 5. The average Bonchev–Trinajstić information content (AvgIpc) is 3.13. The van der Waals surface area contributed by atoms with E-state index in [4.69, 9.17) is 0 Å². The Balaban J connectivity index is 1.39. The summed E-state index contributed by atoms with van der Waals surface area (Å²) < 4.78 is 1.84. The minimum Gasteiger partial charge on any atom is -0.356 e. The lowest BCUT2D eigenvalue weighted by Crippen LogP contribution is -2.30. The van der Waals surface area contributed by atoms with E-state index < -0.39 is 0 Å². The minimum absolute atomic E-state index is 0.0151. The van der Waals surface area contributed by atoms with Gasteiger partial charge in [0.2, 0.25) is 5.91 Å². The van der Waals surface area contributed by atoms with Gasteiger partial charge in [-0.25, -0.2) is 14.6 Å². The summed E-state index contributed by atoms with van der Waals surface area (Å²) in [5.41, 5.74) is 1.83. The molecule has 4 rings (SSSR count). The number of piperidine rings is 1. The van der Waals surface area contributed by atoms with Crippen LogP contribution in [0, 0.1) is 0 Å². The maximum absolute atomic E-state index is 12.1. The van der Waals surface area contributed by atoms with Gasteiger partial charge in [0.15, 0.2) is 5.65 Å². The molecule has 0 saturated carbocycles. The molecule has 0 atom stereocenters. The van der Waals surface area contributed by atoms with Crippen molar-refractivity contribution in [2.75, 3.05) is 24.5 Å². The van der Waals surface area contributed by atoms with E-state index in [-0.39, 0.29) is 5.91 Å². The van der Waals surface area contributed by atoms with Crippen molar-refractivity contribution < 1.29 is 4.79 Å². The zero-order chi connectivity index (χ0) is 18.5. The van der Waals surface area contributed by atoms with Crippen LogP contribution in [0.4, 0.5) is 5.82 Å². The molecule has 7 heteroatoms. The number of benzene rings is 1. The molecule has 1 amide bonds. The molecular weight excluding hydrogens is 340 g/mol. The summed E-state index contributed by atoms with van der Waals surface area (Å²) in [4.78, 5) is 23.3. The number of carbonyl (C=O) groups is 1. The van der Waals surface area contributed by atoms with Crippen LogP contribution in [0.1, 0.15) is 24.8 Å². The quantitative estimate of drug-likeness (QED) is 0.725. The lowest BCUT2D eigenvalue weighted by Gasteiger charge is -2.27. The summed E-state index contributed by atoms with van der Waals surface area (Å²) >= 11 is 0. The van der Waals surface area contributed by atoms with Crippen LogP contribution in [0.3, 0.4) is 0 Å². The highest BCUT2D eigenvalue weighted by Crippen LogP contribution is 2.25. The molecule has 1 fully saturated rings. The van der Waals surface area contributed by atoms with Crippen LogP contribution >= 0.6 is 0 Å². The Morgan fingerprint density at radius 1 is 1.07 bits per heavy atom. The van der Waals surface area contributed by atoms with E-state index in [9.17, 15) is 4.79 Å². The van der Waals surface area contributed by atoms with E-state index in [1.807, 2.05) is 41.2 Å². The number of nitrogens with zero attached hydrogens (tertiary/aromatic N) is 5. The van der Waals surface area contributed by atoms with Crippen molar-refractivity contribution in [2.45, 2.75) is 32.2 Å². The molecule has 0 unspecified atom stereocenters. The first-order chi connectivity index (χ1) is 13.3. The molecule has 0 bridgehead atoms. The zero-order valence-corrected chi connectivity index (χ0v) is 15.3. The second-order valence-electron chi connectivity index (χ2n) is 6.86. The molecular formula is C20H24N6O. The van der Waals surface area contributed by atoms with Crippen molar-refractivity contribution >= 4 is 22.8 Å². The van der Waals surface area contributed by atoms with Crippen molar-refractivity contribution in [1.29, 1.82) is 0 Å². The van der Waals surface area contributed by atoms with Gasteiger partial charge < -0.3 is 10.2 Å². The van der Waals surface area contributed by atoms with Crippen molar-refractivity contribution in [3.8, 4) is 0 Å². The van der Waals surface area contributed by atoms with Crippen LogP contribution < -0.4 is 10.2 Å². The molecule has 0 radical (unpaired) electrons. The molecule has 2 aromatic heterocycles. The summed E-state index contributed by atoms with van der Waals surface area (Å²) in [6.45, 7) is 3.17. The normalized spacial score (nSPS) is 14.4. The van der Waals surface area contributed by atoms with Crippen LogP contribution in [0.25, 0.3) is 11.0 Å². The molecule has 0 aliphatic carbocycles.